The molecule has 0 unspecified atom stereocenters. The molecule has 3 rings (SSSR count). The van der Waals surface area contributed by atoms with Crippen molar-refractivity contribution in [3.8, 4) is 0 Å². The van der Waals surface area contributed by atoms with E-state index in [0.29, 0.717) is 64.5 Å². The lowest BCUT2D eigenvalue weighted by atomic mass is 9.78. The van der Waals surface area contributed by atoms with Crippen molar-refractivity contribution in [3.05, 3.63) is 30.1 Å². The highest BCUT2D eigenvalue weighted by Crippen LogP contribution is 2.32. The largest absolute Gasteiger partial charge is 0.381 e. The molecule has 1 aromatic carbocycles. The second kappa shape index (κ2) is 6.84. The number of carbonyl (C=O) groups is 1. The van der Waals surface area contributed by atoms with Crippen LogP contribution in [-0.2, 0) is 9.53 Å². The molecule has 2 N–H and O–H groups in total. The SMILES string of the molecule is NCC1(C(=O)N2CCN(c3ccccc3F)CC2)CCOCC1. The van der Waals surface area contributed by atoms with Crippen molar-refractivity contribution in [2.75, 3.05) is 50.8 Å². The number of nitrogens with two attached hydrogens (primary N) is 1. The second-order valence-electron chi connectivity index (χ2n) is 6.33. The minimum absolute atomic E-state index is 0.136. The van der Waals surface area contributed by atoms with Crippen LogP contribution in [0.4, 0.5) is 10.1 Å². The van der Waals surface area contributed by atoms with E-state index in [0.717, 1.165) is 0 Å². The lowest BCUT2D eigenvalue weighted by Crippen LogP contribution is -2.56. The molecule has 6 heteroatoms. The van der Waals surface area contributed by atoms with Crippen LogP contribution in [-0.4, -0.2) is 56.7 Å². The van der Waals surface area contributed by atoms with Gasteiger partial charge in [-0.25, -0.2) is 4.39 Å². The fraction of sp³-hybridized carbons (Fsp3) is 0.588. The quantitative estimate of drug-likeness (QED) is 0.910. The Bertz CT molecular complexity index is 553. The number of benzene rings is 1. The summed E-state index contributed by atoms with van der Waals surface area (Å²) in [6.07, 6.45) is 1.38. The molecule has 0 atom stereocenters. The molecule has 2 heterocycles. The zero-order valence-electron chi connectivity index (χ0n) is 13.3. The van der Waals surface area contributed by atoms with Gasteiger partial charge in [-0.1, -0.05) is 12.1 Å². The lowest BCUT2D eigenvalue weighted by molar-refractivity contribution is -0.147. The predicted octanol–water partition coefficient (Wildman–Crippen LogP) is 1.23. The van der Waals surface area contributed by atoms with Gasteiger partial charge in [0, 0.05) is 45.9 Å². The minimum Gasteiger partial charge on any atom is -0.381 e. The van der Waals surface area contributed by atoms with Gasteiger partial charge in [-0.05, 0) is 25.0 Å². The first-order valence-electron chi connectivity index (χ1n) is 8.23. The van der Waals surface area contributed by atoms with E-state index in [1.165, 1.54) is 6.07 Å². The molecule has 2 aliphatic heterocycles. The monoisotopic (exact) mass is 321 g/mol. The summed E-state index contributed by atoms with van der Waals surface area (Å²) in [5.41, 5.74) is 6.06. The van der Waals surface area contributed by atoms with Crippen molar-refractivity contribution in [2.45, 2.75) is 12.8 Å². The molecule has 126 valence electrons. The number of ether oxygens (including phenoxy) is 1. The number of halogens is 1. The second-order valence-corrected chi connectivity index (χ2v) is 6.33. The number of hydrogen-bond donors (Lipinski definition) is 1. The van der Waals surface area contributed by atoms with Gasteiger partial charge in [0.2, 0.25) is 5.91 Å². The van der Waals surface area contributed by atoms with E-state index in [-0.39, 0.29) is 11.7 Å². The molecule has 0 spiro atoms. The molecule has 0 saturated carbocycles. The zero-order chi connectivity index (χ0) is 16.3. The maximum atomic E-state index is 13.9. The average molecular weight is 321 g/mol. The van der Waals surface area contributed by atoms with E-state index in [9.17, 15) is 9.18 Å². The Morgan fingerprint density at radius 1 is 1.17 bits per heavy atom. The molecule has 0 bridgehead atoms. The first-order chi connectivity index (χ1) is 11.2. The van der Waals surface area contributed by atoms with Crippen LogP contribution < -0.4 is 10.6 Å². The smallest absolute Gasteiger partial charge is 0.230 e. The summed E-state index contributed by atoms with van der Waals surface area (Å²) in [5, 5.41) is 0. The van der Waals surface area contributed by atoms with Gasteiger partial charge in [0.1, 0.15) is 5.82 Å². The Kier molecular flexibility index (Phi) is 4.82. The van der Waals surface area contributed by atoms with Crippen LogP contribution in [0.5, 0.6) is 0 Å². The number of piperazine rings is 1. The number of para-hydroxylation sites is 1. The lowest BCUT2D eigenvalue weighted by Gasteiger charge is -2.42. The molecule has 0 aliphatic carbocycles. The molecule has 5 nitrogen and oxygen atoms in total. The number of anilines is 1. The highest BCUT2D eigenvalue weighted by atomic mass is 19.1. The maximum Gasteiger partial charge on any atom is 0.230 e. The Morgan fingerprint density at radius 2 is 1.83 bits per heavy atom. The van der Waals surface area contributed by atoms with Gasteiger partial charge in [0.15, 0.2) is 0 Å². The Labute approximate surface area is 136 Å². The standard InChI is InChI=1S/C17H24FN3O2/c18-14-3-1-2-4-15(14)20-7-9-21(10-8-20)16(22)17(13-19)5-11-23-12-6-17/h1-4H,5-13,19H2. The highest BCUT2D eigenvalue weighted by Gasteiger charge is 2.42. The molecule has 1 aromatic rings. The van der Waals surface area contributed by atoms with Crippen LogP contribution in [0, 0.1) is 11.2 Å². The normalized spacial score (nSPS) is 21.3. The first-order valence-corrected chi connectivity index (χ1v) is 8.23. The highest BCUT2D eigenvalue weighted by molar-refractivity contribution is 5.83. The van der Waals surface area contributed by atoms with Crippen molar-refractivity contribution in [1.29, 1.82) is 0 Å². The Hall–Kier alpha value is -1.66. The van der Waals surface area contributed by atoms with Gasteiger partial charge in [-0.3, -0.25) is 4.79 Å². The van der Waals surface area contributed by atoms with E-state index in [1.54, 1.807) is 12.1 Å². The summed E-state index contributed by atoms with van der Waals surface area (Å²) in [7, 11) is 0. The van der Waals surface area contributed by atoms with E-state index in [1.807, 2.05) is 15.9 Å². The number of nitrogens with zero attached hydrogens (tertiary/aromatic N) is 2. The number of hydrogen-bond acceptors (Lipinski definition) is 4. The third kappa shape index (κ3) is 3.19. The summed E-state index contributed by atoms with van der Waals surface area (Å²) in [6.45, 7) is 4.05. The molecular formula is C17H24FN3O2. The first kappa shape index (κ1) is 16.2. The van der Waals surface area contributed by atoms with Gasteiger partial charge < -0.3 is 20.3 Å². The summed E-state index contributed by atoms with van der Waals surface area (Å²) in [4.78, 5) is 16.8. The Balaban J connectivity index is 1.64. The van der Waals surface area contributed by atoms with Crippen molar-refractivity contribution >= 4 is 11.6 Å². The molecule has 2 saturated heterocycles. The van der Waals surface area contributed by atoms with E-state index < -0.39 is 5.41 Å². The van der Waals surface area contributed by atoms with Crippen LogP contribution in [0.1, 0.15) is 12.8 Å². The maximum absolute atomic E-state index is 13.9. The van der Waals surface area contributed by atoms with Gasteiger partial charge in [0.05, 0.1) is 11.1 Å². The topological polar surface area (TPSA) is 58.8 Å². The van der Waals surface area contributed by atoms with Crippen molar-refractivity contribution in [3.63, 3.8) is 0 Å². The van der Waals surface area contributed by atoms with E-state index in [2.05, 4.69) is 0 Å². The molecular weight excluding hydrogens is 297 g/mol. The van der Waals surface area contributed by atoms with Crippen molar-refractivity contribution < 1.29 is 13.9 Å². The van der Waals surface area contributed by atoms with Crippen molar-refractivity contribution in [2.24, 2.45) is 11.1 Å². The fourth-order valence-electron chi connectivity index (χ4n) is 3.46. The van der Waals surface area contributed by atoms with Crippen LogP contribution in [0.3, 0.4) is 0 Å². The van der Waals surface area contributed by atoms with E-state index >= 15 is 0 Å². The van der Waals surface area contributed by atoms with E-state index in [4.69, 9.17) is 10.5 Å². The molecule has 2 fully saturated rings. The average Bonchev–Trinajstić information content (AvgIpc) is 2.62. The van der Waals surface area contributed by atoms with Crippen LogP contribution >= 0.6 is 0 Å². The van der Waals surface area contributed by atoms with Crippen molar-refractivity contribution in [1.82, 2.24) is 4.90 Å². The van der Waals surface area contributed by atoms with Gasteiger partial charge in [-0.2, -0.15) is 0 Å². The zero-order valence-corrected chi connectivity index (χ0v) is 13.3. The third-order valence-corrected chi connectivity index (χ3v) is 5.05. The number of carbonyl (C=O) groups excluding carboxylic acids is 1. The number of amides is 1. The van der Waals surface area contributed by atoms with Gasteiger partial charge >= 0.3 is 0 Å². The van der Waals surface area contributed by atoms with Gasteiger partial charge in [0.25, 0.3) is 0 Å². The number of rotatable bonds is 3. The molecule has 0 aromatic heterocycles. The molecule has 23 heavy (non-hydrogen) atoms. The molecule has 0 radical (unpaired) electrons. The fourth-order valence-corrected chi connectivity index (χ4v) is 3.46. The predicted molar refractivity (Wildman–Crippen MR) is 86.7 cm³/mol. The summed E-state index contributed by atoms with van der Waals surface area (Å²) >= 11 is 0. The summed E-state index contributed by atoms with van der Waals surface area (Å²) in [6, 6.07) is 6.78. The summed E-state index contributed by atoms with van der Waals surface area (Å²) < 4.78 is 19.3. The third-order valence-electron chi connectivity index (χ3n) is 5.05. The Morgan fingerprint density at radius 3 is 2.43 bits per heavy atom. The summed E-state index contributed by atoms with van der Waals surface area (Å²) in [5.74, 6) is -0.0772. The van der Waals surface area contributed by atoms with Crippen LogP contribution in [0.2, 0.25) is 0 Å². The van der Waals surface area contributed by atoms with Gasteiger partial charge in [-0.15, -0.1) is 0 Å². The minimum atomic E-state index is -0.474. The van der Waals surface area contributed by atoms with Crippen LogP contribution in [0.25, 0.3) is 0 Å². The van der Waals surface area contributed by atoms with Crippen LogP contribution in [0.15, 0.2) is 24.3 Å². The molecule has 2 aliphatic rings. The molecule has 1 amide bonds.